The van der Waals surface area contributed by atoms with E-state index in [2.05, 4.69) is 0 Å². The fourth-order valence-electron chi connectivity index (χ4n) is 3.23. The average molecular weight is 279 g/mol. The normalized spacial score (nSPS) is 21.4. The minimum absolute atomic E-state index is 0.0625. The molecule has 3 aromatic rings. The van der Waals surface area contributed by atoms with Gasteiger partial charge in [0, 0.05) is 16.3 Å². The molecule has 4 nitrogen and oxygen atoms in total. The van der Waals surface area contributed by atoms with Crippen LogP contribution in [0.25, 0.3) is 21.8 Å². The number of aromatic nitrogens is 1. The van der Waals surface area contributed by atoms with Crippen molar-refractivity contribution in [1.82, 2.24) is 4.57 Å². The lowest BCUT2D eigenvalue weighted by molar-refractivity contribution is 0.0212. The number of Topliss-reactive ketones (excluding diaryl/α,β-unsaturated/α-hetero) is 1. The Bertz CT molecular complexity index is 938. The maximum Gasteiger partial charge on any atom is 0.271 e. The zero-order valence-corrected chi connectivity index (χ0v) is 11.5. The first-order valence-corrected chi connectivity index (χ1v) is 6.93. The number of carbonyl (C=O) groups excluding carboxylic acids is 2. The van der Waals surface area contributed by atoms with E-state index in [4.69, 9.17) is 0 Å². The van der Waals surface area contributed by atoms with E-state index in [0.29, 0.717) is 11.1 Å². The van der Waals surface area contributed by atoms with Crippen molar-refractivity contribution < 1.29 is 14.7 Å². The van der Waals surface area contributed by atoms with Gasteiger partial charge < -0.3 is 5.11 Å². The highest BCUT2D eigenvalue weighted by molar-refractivity contribution is 6.31. The Hall–Kier alpha value is -2.46. The molecule has 1 unspecified atom stereocenters. The third-order valence-electron chi connectivity index (χ3n) is 4.38. The number of aliphatic hydroxyl groups is 1. The van der Waals surface area contributed by atoms with Crippen molar-refractivity contribution in [2.45, 2.75) is 18.9 Å². The summed E-state index contributed by atoms with van der Waals surface area (Å²) < 4.78 is 1.49. The maximum atomic E-state index is 12.7. The second kappa shape index (κ2) is 3.80. The lowest BCUT2D eigenvalue weighted by Gasteiger charge is -2.29. The zero-order chi connectivity index (χ0) is 14.8. The summed E-state index contributed by atoms with van der Waals surface area (Å²) in [5.41, 5.74) is -0.230. The standard InChI is InChI=1S/C17H13NO3/c1-2-17(21)15(19)12-8-5-7-11-10-6-3-4-9-13(10)18(14(11)12)16(17)20/h3-9,21H,2H2,1H3. The van der Waals surface area contributed by atoms with Crippen LogP contribution in [-0.2, 0) is 0 Å². The van der Waals surface area contributed by atoms with E-state index in [9.17, 15) is 14.7 Å². The van der Waals surface area contributed by atoms with Crippen molar-refractivity contribution in [3.63, 3.8) is 0 Å². The Morgan fingerprint density at radius 3 is 2.52 bits per heavy atom. The van der Waals surface area contributed by atoms with Crippen LogP contribution < -0.4 is 0 Å². The Kier molecular flexibility index (Phi) is 2.22. The van der Waals surface area contributed by atoms with Gasteiger partial charge in [0.1, 0.15) is 0 Å². The van der Waals surface area contributed by atoms with Crippen LogP contribution in [0, 0.1) is 0 Å². The zero-order valence-electron chi connectivity index (χ0n) is 11.5. The molecule has 0 fully saturated rings. The van der Waals surface area contributed by atoms with Crippen molar-refractivity contribution in [1.29, 1.82) is 0 Å². The SMILES string of the molecule is CCC1(O)C(=O)c2cccc3c4ccccc4n(c23)C1=O. The molecule has 0 amide bonds. The molecular formula is C17H13NO3. The molecule has 0 bridgehead atoms. The van der Waals surface area contributed by atoms with Gasteiger partial charge in [-0.1, -0.05) is 37.3 Å². The molecule has 1 aliphatic heterocycles. The van der Waals surface area contributed by atoms with Crippen LogP contribution in [0.15, 0.2) is 42.5 Å². The lowest BCUT2D eigenvalue weighted by Crippen LogP contribution is -2.51. The highest BCUT2D eigenvalue weighted by atomic mass is 16.3. The van der Waals surface area contributed by atoms with E-state index < -0.39 is 17.3 Å². The number of ketones is 1. The van der Waals surface area contributed by atoms with Crippen molar-refractivity contribution in [2.24, 2.45) is 0 Å². The summed E-state index contributed by atoms with van der Waals surface area (Å²) in [6.07, 6.45) is 0.0625. The molecule has 1 aromatic heterocycles. The minimum Gasteiger partial charge on any atom is -0.373 e. The molecule has 0 aliphatic carbocycles. The van der Waals surface area contributed by atoms with E-state index in [1.807, 2.05) is 30.3 Å². The van der Waals surface area contributed by atoms with Gasteiger partial charge in [-0.05, 0) is 18.6 Å². The fourth-order valence-corrected chi connectivity index (χ4v) is 3.23. The van der Waals surface area contributed by atoms with Crippen LogP contribution in [0.1, 0.15) is 28.5 Å². The van der Waals surface area contributed by atoms with E-state index in [1.165, 1.54) is 4.57 Å². The number of hydrogen-bond donors (Lipinski definition) is 1. The van der Waals surface area contributed by atoms with Crippen molar-refractivity contribution in [3.05, 3.63) is 48.0 Å². The summed E-state index contributed by atoms with van der Waals surface area (Å²) in [5, 5.41) is 12.3. The van der Waals surface area contributed by atoms with E-state index in [-0.39, 0.29) is 6.42 Å². The van der Waals surface area contributed by atoms with E-state index in [0.717, 1.165) is 16.3 Å². The topological polar surface area (TPSA) is 59.3 Å². The summed E-state index contributed by atoms with van der Waals surface area (Å²) in [7, 11) is 0. The Morgan fingerprint density at radius 2 is 1.76 bits per heavy atom. The number of rotatable bonds is 1. The molecule has 0 radical (unpaired) electrons. The van der Waals surface area contributed by atoms with Crippen LogP contribution in [0.4, 0.5) is 0 Å². The highest BCUT2D eigenvalue weighted by Crippen LogP contribution is 2.38. The quantitative estimate of drug-likeness (QED) is 0.697. The van der Waals surface area contributed by atoms with Crippen LogP contribution >= 0.6 is 0 Å². The lowest BCUT2D eigenvalue weighted by atomic mass is 9.86. The second-order valence-electron chi connectivity index (χ2n) is 5.40. The molecule has 4 rings (SSSR count). The van der Waals surface area contributed by atoms with Gasteiger partial charge in [0.15, 0.2) is 0 Å². The monoisotopic (exact) mass is 279 g/mol. The molecule has 2 aromatic carbocycles. The summed E-state index contributed by atoms with van der Waals surface area (Å²) >= 11 is 0. The fraction of sp³-hybridized carbons (Fsp3) is 0.176. The first-order chi connectivity index (χ1) is 10.1. The molecule has 21 heavy (non-hydrogen) atoms. The number of benzene rings is 2. The number of nitrogens with zero attached hydrogens (tertiary/aromatic N) is 1. The molecule has 0 spiro atoms. The van der Waals surface area contributed by atoms with Crippen molar-refractivity contribution in [3.8, 4) is 0 Å². The predicted molar refractivity (Wildman–Crippen MR) is 79.6 cm³/mol. The van der Waals surface area contributed by atoms with Gasteiger partial charge in [0.2, 0.25) is 11.4 Å². The summed E-state index contributed by atoms with van der Waals surface area (Å²) in [5.74, 6) is -1.06. The summed E-state index contributed by atoms with van der Waals surface area (Å²) in [4.78, 5) is 25.3. The maximum absolute atomic E-state index is 12.7. The van der Waals surface area contributed by atoms with Gasteiger partial charge in [-0.15, -0.1) is 0 Å². The molecule has 2 heterocycles. The Labute approximate surface area is 120 Å². The number of para-hydroxylation sites is 2. The van der Waals surface area contributed by atoms with Gasteiger partial charge in [-0.2, -0.15) is 0 Å². The third-order valence-corrected chi connectivity index (χ3v) is 4.38. The van der Waals surface area contributed by atoms with E-state index in [1.54, 1.807) is 19.1 Å². The van der Waals surface area contributed by atoms with Gasteiger partial charge in [0.25, 0.3) is 5.91 Å². The molecule has 0 saturated carbocycles. The molecule has 0 saturated heterocycles. The van der Waals surface area contributed by atoms with Crippen LogP contribution in [0.3, 0.4) is 0 Å². The van der Waals surface area contributed by atoms with Gasteiger partial charge >= 0.3 is 0 Å². The third kappa shape index (κ3) is 1.28. The van der Waals surface area contributed by atoms with Crippen molar-refractivity contribution in [2.75, 3.05) is 0 Å². The molecular weight excluding hydrogens is 266 g/mol. The van der Waals surface area contributed by atoms with Gasteiger partial charge in [-0.3, -0.25) is 14.2 Å². The molecule has 4 heteroatoms. The molecule has 1 aliphatic rings. The van der Waals surface area contributed by atoms with Crippen LogP contribution in [0.2, 0.25) is 0 Å². The minimum atomic E-state index is -1.97. The first-order valence-electron chi connectivity index (χ1n) is 6.93. The van der Waals surface area contributed by atoms with E-state index >= 15 is 0 Å². The number of fused-ring (bicyclic) bond motifs is 3. The smallest absolute Gasteiger partial charge is 0.271 e. The summed E-state index contributed by atoms with van der Waals surface area (Å²) in [6, 6.07) is 12.9. The number of carbonyl (C=O) groups is 2. The summed E-state index contributed by atoms with van der Waals surface area (Å²) in [6.45, 7) is 1.65. The second-order valence-corrected chi connectivity index (χ2v) is 5.40. The van der Waals surface area contributed by atoms with Crippen LogP contribution in [-0.4, -0.2) is 27.0 Å². The van der Waals surface area contributed by atoms with Crippen LogP contribution in [0.5, 0.6) is 0 Å². The van der Waals surface area contributed by atoms with Crippen molar-refractivity contribution >= 4 is 33.5 Å². The molecule has 104 valence electrons. The molecule has 1 N–H and O–H groups in total. The Morgan fingerprint density at radius 1 is 1.05 bits per heavy atom. The number of hydrogen-bond acceptors (Lipinski definition) is 3. The largest absolute Gasteiger partial charge is 0.373 e. The Balaban J connectivity index is 2.29. The average Bonchev–Trinajstić information content (AvgIpc) is 2.86. The highest BCUT2D eigenvalue weighted by Gasteiger charge is 2.48. The first kappa shape index (κ1) is 12.3. The van der Waals surface area contributed by atoms with Gasteiger partial charge in [-0.25, -0.2) is 0 Å². The molecule has 1 atom stereocenters. The van der Waals surface area contributed by atoms with Gasteiger partial charge in [0.05, 0.1) is 11.0 Å². The predicted octanol–water partition coefficient (Wildman–Crippen LogP) is 2.77.